The van der Waals surface area contributed by atoms with Crippen LogP contribution in [0.5, 0.6) is 11.5 Å². The van der Waals surface area contributed by atoms with Gasteiger partial charge in [-0.2, -0.15) is 0 Å². The molecule has 0 bridgehead atoms. The van der Waals surface area contributed by atoms with Gasteiger partial charge in [-0.3, -0.25) is 0 Å². The lowest BCUT2D eigenvalue weighted by Crippen LogP contribution is -2.33. The second-order valence-electron chi connectivity index (χ2n) is 13.9. The van der Waals surface area contributed by atoms with Crippen LogP contribution < -0.4 is 15.4 Å². The number of esters is 1. The number of benzene rings is 9. The van der Waals surface area contributed by atoms with Crippen LogP contribution in [0, 0.1) is 0 Å². The third-order valence-corrected chi connectivity index (χ3v) is 10.7. The van der Waals surface area contributed by atoms with E-state index in [0.29, 0.717) is 17.1 Å². The Bertz CT molecular complexity index is 2830. The number of fused-ring (bicyclic) bond motifs is 10. The lowest BCUT2D eigenvalue weighted by molar-refractivity contribution is 0.0224. The van der Waals surface area contributed by atoms with E-state index in [9.17, 15) is 4.79 Å². The quantitative estimate of drug-likeness (QED) is 0.142. The first-order chi connectivity index (χ1) is 26.1. The molecule has 0 saturated heterocycles. The van der Waals surface area contributed by atoms with Gasteiger partial charge in [-0.05, 0) is 122 Å². The van der Waals surface area contributed by atoms with E-state index < -0.39 is 5.60 Å². The van der Waals surface area contributed by atoms with E-state index in [0.717, 1.165) is 50.2 Å². The van der Waals surface area contributed by atoms with Gasteiger partial charge < -0.3 is 20.1 Å². The molecule has 258 valence electrons. The fourth-order valence-electron chi connectivity index (χ4n) is 8.20. The predicted octanol–water partition coefficient (Wildman–Crippen LogP) is 13.0. The molecule has 54 heavy (non-hydrogen) atoms. The largest absolute Gasteiger partial charge is 0.456 e. The maximum absolute atomic E-state index is 13.5. The van der Waals surface area contributed by atoms with Crippen LogP contribution in [-0.4, -0.2) is 5.97 Å². The maximum atomic E-state index is 13.5. The zero-order chi connectivity index (χ0) is 35.1. The molecule has 5 heteroatoms. The van der Waals surface area contributed by atoms with Gasteiger partial charge in [-0.1, -0.05) is 86.3 Å². The number of carbonyl (C=O) groups is 1. The van der Waals surface area contributed by atoms with Crippen LogP contribution in [0.2, 0.25) is 0 Å². The zero-order valence-electron chi connectivity index (χ0n) is 28.4. The topological polar surface area (TPSA) is 59.6 Å². The summed E-state index contributed by atoms with van der Waals surface area (Å²) in [7, 11) is 0. The van der Waals surface area contributed by atoms with Crippen molar-refractivity contribution in [3.8, 4) is 11.5 Å². The number of hydrogen-bond donors (Lipinski definition) is 2. The van der Waals surface area contributed by atoms with Gasteiger partial charge in [0.2, 0.25) is 0 Å². The highest BCUT2D eigenvalue weighted by molar-refractivity contribution is 6.01. The molecule has 2 aliphatic heterocycles. The Morgan fingerprint density at radius 1 is 0.389 bits per heavy atom. The monoisotopic (exact) mass is 698 g/mol. The lowest BCUT2D eigenvalue weighted by atomic mass is 9.77. The van der Waals surface area contributed by atoms with Crippen LogP contribution in [0.15, 0.2) is 170 Å². The fourth-order valence-corrected chi connectivity index (χ4v) is 8.20. The summed E-state index contributed by atoms with van der Waals surface area (Å²) >= 11 is 0. The van der Waals surface area contributed by atoms with Crippen LogP contribution >= 0.6 is 0 Å². The summed E-state index contributed by atoms with van der Waals surface area (Å²) in [4.78, 5) is 13.5. The van der Waals surface area contributed by atoms with Crippen molar-refractivity contribution >= 4 is 71.8 Å². The van der Waals surface area contributed by atoms with E-state index in [1.54, 1.807) is 0 Å². The minimum atomic E-state index is -1.15. The normalized spacial score (nSPS) is 13.5. The summed E-state index contributed by atoms with van der Waals surface area (Å²) in [5.74, 6) is 0.887. The lowest BCUT2D eigenvalue weighted by Gasteiger charge is -2.37. The molecule has 0 aliphatic carbocycles. The Hall–Kier alpha value is -7.11. The van der Waals surface area contributed by atoms with Crippen molar-refractivity contribution in [3.05, 3.63) is 192 Å². The van der Waals surface area contributed by atoms with Crippen LogP contribution in [0.4, 0.5) is 22.7 Å². The minimum absolute atomic E-state index is 0. The molecule has 0 saturated carbocycles. The van der Waals surface area contributed by atoms with Crippen LogP contribution in [0.1, 0.15) is 34.5 Å². The van der Waals surface area contributed by atoms with Crippen molar-refractivity contribution in [2.75, 3.05) is 10.6 Å². The maximum Gasteiger partial charge on any atom is 0.340 e. The summed E-state index contributed by atoms with van der Waals surface area (Å²) < 4.78 is 13.2. The summed E-state index contributed by atoms with van der Waals surface area (Å²) in [5.41, 5.74) is 5.42. The van der Waals surface area contributed by atoms with E-state index in [-0.39, 0.29) is 13.4 Å². The molecule has 1 spiro atoms. The van der Waals surface area contributed by atoms with Gasteiger partial charge >= 0.3 is 5.97 Å². The molecular formula is C49H34N2O3. The van der Waals surface area contributed by atoms with Gasteiger partial charge in [0.1, 0.15) is 11.5 Å². The highest BCUT2D eigenvalue weighted by Crippen LogP contribution is 2.57. The second kappa shape index (κ2) is 12.0. The van der Waals surface area contributed by atoms with E-state index in [1.165, 1.54) is 32.3 Å². The van der Waals surface area contributed by atoms with Crippen molar-refractivity contribution in [2.24, 2.45) is 0 Å². The zero-order valence-corrected chi connectivity index (χ0v) is 28.4. The van der Waals surface area contributed by atoms with Gasteiger partial charge in [0.05, 0.1) is 5.56 Å². The average Bonchev–Trinajstić information content (AvgIpc) is 3.48. The van der Waals surface area contributed by atoms with Crippen LogP contribution in [-0.2, 0) is 10.3 Å². The number of carbonyl (C=O) groups excluding carboxylic acids is 1. The molecule has 9 aromatic rings. The first-order valence-corrected chi connectivity index (χ1v) is 17.8. The Morgan fingerprint density at radius 2 is 0.796 bits per heavy atom. The Morgan fingerprint density at radius 3 is 1.31 bits per heavy atom. The molecular weight excluding hydrogens is 665 g/mol. The third kappa shape index (κ3) is 4.90. The van der Waals surface area contributed by atoms with Gasteiger partial charge in [0.15, 0.2) is 5.60 Å². The molecule has 2 aliphatic rings. The molecule has 0 radical (unpaired) electrons. The number of rotatable bonds is 4. The van der Waals surface area contributed by atoms with Gasteiger partial charge in [0, 0.05) is 51.6 Å². The molecule has 0 aromatic heterocycles. The fraction of sp³-hybridized carbons (Fsp3) is 0.0408. The minimum Gasteiger partial charge on any atom is -0.456 e. The van der Waals surface area contributed by atoms with Crippen molar-refractivity contribution in [2.45, 2.75) is 13.0 Å². The number of nitrogens with one attached hydrogen (secondary N) is 2. The Kier molecular flexibility index (Phi) is 7.01. The molecule has 0 unspecified atom stereocenters. The van der Waals surface area contributed by atoms with Gasteiger partial charge in [-0.25, -0.2) is 4.79 Å². The highest BCUT2D eigenvalue weighted by Gasteiger charge is 2.53. The molecule has 5 nitrogen and oxygen atoms in total. The molecule has 0 atom stereocenters. The first-order valence-electron chi connectivity index (χ1n) is 17.8. The number of hydrogen-bond acceptors (Lipinski definition) is 5. The number of ether oxygens (including phenoxy) is 2. The smallest absolute Gasteiger partial charge is 0.340 e. The van der Waals surface area contributed by atoms with Crippen molar-refractivity contribution in [1.29, 1.82) is 0 Å². The summed E-state index contributed by atoms with van der Waals surface area (Å²) in [5, 5.41) is 16.7. The molecule has 2 heterocycles. The molecule has 0 amide bonds. The van der Waals surface area contributed by atoms with Crippen LogP contribution in [0.3, 0.4) is 0 Å². The van der Waals surface area contributed by atoms with Crippen molar-refractivity contribution < 1.29 is 14.3 Å². The molecule has 11 rings (SSSR count). The van der Waals surface area contributed by atoms with Crippen molar-refractivity contribution in [3.63, 3.8) is 0 Å². The summed E-state index contributed by atoms with van der Waals surface area (Å²) in [6.07, 6.45) is 0. The molecule has 9 aromatic carbocycles. The van der Waals surface area contributed by atoms with E-state index in [4.69, 9.17) is 9.47 Å². The van der Waals surface area contributed by atoms with E-state index in [2.05, 4.69) is 120 Å². The predicted molar refractivity (Wildman–Crippen MR) is 221 cm³/mol. The molecule has 2 N–H and O–H groups in total. The molecule has 0 fully saturated rings. The van der Waals surface area contributed by atoms with Gasteiger partial charge in [0.25, 0.3) is 0 Å². The standard InChI is InChI=1S/C48H30N2O3.CH4/c51-47-41-11-5-6-12-42(41)48(53-47)43-19-17-39(49-37-15-13-33-21-29-7-1-3-9-31(29)23-35(33)25-37)27-45(43)52-46-28-40(18-20-44(46)48)50-38-16-14-34-22-30-8-2-4-10-32(30)24-36(34)26-38;/h1-28,49-50H;1H4. The third-order valence-electron chi connectivity index (χ3n) is 10.7. The number of anilines is 4. The SMILES string of the molecule is C.O=C1OC2(c3ccc(Nc4ccc5cc6ccccc6cc5c4)cc3Oc3cc(Nc4ccc5cc6ccccc6cc5c4)ccc32)c2ccccc21. The van der Waals surface area contributed by atoms with Gasteiger partial charge in [-0.15, -0.1) is 0 Å². The second-order valence-corrected chi connectivity index (χ2v) is 13.9. The van der Waals surface area contributed by atoms with E-state index >= 15 is 0 Å². The summed E-state index contributed by atoms with van der Waals surface area (Å²) in [6.45, 7) is 0. The first kappa shape index (κ1) is 31.6. The van der Waals surface area contributed by atoms with Crippen LogP contribution in [0.25, 0.3) is 43.1 Å². The highest BCUT2D eigenvalue weighted by atomic mass is 16.6. The Labute approximate surface area is 312 Å². The average molecular weight is 699 g/mol. The summed E-state index contributed by atoms with van der Waals surface area (Å²) in [6, 6.07) is 58.2. The van der Waals surface area contributed by atoms with E-state index in [1.807, 2.05) is 60.7 Å². The Balaban J connectivity index is 0.00000361. The van der Waals surface area contributed by atoms with Crippen molar-refractivity contribution in [1.82, 2.24) is 0 Å².